The lowest BCUT2D eigenvalue weighted by Crippen LogP contribution is -2.43. The molecular weight excluding hydrogens is 294 g/mol. The highest BCUT2D eigenvalue weighted by Crippen LogP contribution is 2.29. The molecule has 22 heavy (non-hydrogen) atoms. The molecule has 4 atom stereocenters. The zero-order valence-corrected chi connectivity index (χ0v) is 14.8. The molecule has 0 bridgehead atoms. The summed E-state index contributed by atoms with van der Waals surface area (Å²) in [5, 5.41) is 5.89. The maximum Gasteiger partial charge on any atom is 0.270 e. The molecule has 2 rings (SSSR count). The van der Waals surface area contributed by atoms with Gasteiger partial charge < -0.3 is 11.1 Å². The minimum absolute atomic E-state index is 0.0415. The third-order valence-corrected chi connectivity index (χ3v) is 5.94. The van der Waals surface area contributed by atoms with Crippen LogP contribution in [0.5, 0.6) is 0 Å². The number of nitrogens with two attached hydrogens (primary N) is 1. The van der Waals surface area contributed by atoms with E-state index in [1.807, 2.05) is 5.38 Å². The lowest BCUT2D eigenvalue weighted by molar-refractivity contribution is 0.0886. The van der Waals surface area contributed by atoms with Crippen molar-refractivity contribution in [3.8, 4) is 0 Å². The monoisotopic (exact) mass is 323 g/mol. The molecule has 1 aromatic rings. The third-order valence-electron chi connectivity index (χ3n) is 4.96. The molecule has 0 spiro atoms. The lowest BCUT2D eigenvalue weighted by atomic mass is 9.78. The zero-order chi connectivity index (χ0) is 16.1. The van der Waals surface area contributed by atoms with Gasteiger partial charge in [0.15, 0.2) is 0 Å². The fraction of sp³-hybridized carbons (Fsp3) is 0.765. The number of carbonyl (C=O) groups is 1. The average Bonchev–Trinajstić information content (AvgIpc) is 2.99. The van der Waals surface area contributed by atoms with Gasteiger partial charge in [-0.2, -0.15) is 0 Å². The molecule has 0 saturated heterocycles. The Labute approximate surface area is 137 Å². The van der Waals surface area contributed by atoms with Gasteiger partial charge in [-0.05, 0) is 24.7 Å². The predicted octanol–water partition coefficient (Wildman–Crippen LogP) is 3.89. The number of hydrogen-bond donors (Lipinski definition) is 2. The molecule has 0 aliphatic heterocycles. The summed E-state index contributed by atoms with van der Waals surface area (Å²) in [4.78, 5) is 16.9. The van der Waals surface area contributed by atoms with Crippen LogP contribution in [0, 0.1) is 11.8 Å². The van der Waals surface area contributed by atoms with Crippen LogP contribution >= 0.6 is 11.3 Å². The zero-order valence-electron chi connectivity index (χ0n) is 14.0. The summed E-state index contributed by atoms with van der Waals surface area (Å²) in [6, 6.07) is 0.232. The van der Waals surface area contributed by atoms with Crippen LogP contribution in [0.1, 0.15) is 80.8 Å². The molecular formula is C17H29N3OS. The average molecular weight is 324 g/mol. The van der Waals surface area contributed by atoms with Crippen molar-refractivity contribution in [2.45, 2.75) is 71.4 Å². The van der Waals surface area contributed by atoms with Crippen LogP contribution in [-0.2, 0) is 0 Å². The van der Waals surface area contributed by atoms with Crippen molar-refractivity contribution >= 4 is 17.2 Å². The minimum atomic E-state index is -0.0452. The van der Waals surface area contributed by atoms with Crippen molar-refractivity contribution in [2.24, 2.45) is 17.6 Å². The number of nitrogens with one attached hydrogen (secondary N) is 1. The Morgan fingerprint density at radius 3 is 3.00 bits per heavy atom. The molecule has 1 aliphatic rings. The van der Waals surface area contributed by atoms with E-state index in [9.17, 15) is 4.79 Å². The summed E-state index contributed by atoms with van der Waals surface area (Å²) in [7, 11) is 0. The molecule has 4 nitrogen and oxygen atoms in total. The molecule has 1 saturated carbocycles. The fourth-order valence-electron chi connectivity index (χ4n) is 3.14. The minimum Gasteiger partial charge on any atom is -0.348 e. The second kappa shape index (κ2) is 8.06. The van der Waals surface area contributed by atoms with Crippen molar-refractivity contribution in [3.63, 3.8) is 0 Å². The first-order valence-corrected chi connectivity index (χ1v) is 9.42. The van der Waals surface area contributed by atoms with Crippen LogP contribution in [0.25, 0.3) is 0 Å². The van der Waals surface area contributed by atoms with Gasteiger partial charge in [-0.1, -0.05) is 46.5 Å². The Kier molecular flexibility index (Phi) is 6.38. The summed E-state index contributed by atoms with van der Waals surface area (Å²) in [5.41, 5.74) is 6.66. The topological polar surface area (TPSA) is 68.0 Å². The number of rotatable bonds is 6. The number of thiazole rings is 1. The van der Waals surface area contributed by atoms with Crippen molar-refractivity contribution in [1.29, 1.82) is 0 Å². The molecule has 124 valence electrons. The van der Waals surface area contributed by atoms with E-state index in [4.69, 9.17) is 5.73 Å². The maximum absolute atomic E-state index is 12.4. The first-order chi connectivity index (χ1) is 10.5. The van der Waals surface area contributed by atoms with Crippen LogP contribution in [-0.4, -0.2) is 16.9 Å². The molecule has 4 unspecified atom stereocenters. The van der Waals surface area contributed by atoms with E-state index in [1.54, 1.807) is 0 Å². The summed E-state index contributed by atoms with van der Waals surface area (Å²) in [6.07, 6.45) is 6.69. The quantitative estimate of drug-likeness (QED) is 0.834. The SMILES string of the molecule is CCCCC(N)c1nc(C(=O)NC2CCCC(C)C2C)cs1. The van der Waals surface area contributed by atoms with E-state index < -0.39 is 0 Å². The van der Waals surface area contributed by atoms with E-state index in [-0.39, 0.29) is 18.0 Å². The summed E-state index contributed by atoms with van der Waals surface area (Å²) < 4.78 is 0. The molecule has 5 heteroatoms. The van der Waals surface area contributed by atoms with Crippen LogP contribution in [0.4, 0.5) is 0 Å². The van der Waals surface area contributed by atoms with Gasteiger partial charge in [-0.15, -0.1) is 11.3 Å². The van der Waals surface area contributed by atoms with E-state index in [0.29, 0.717) is 17.5 Å². The van der Waals surface area contributed by atoms with Crippen molar-refractivity contribution < 1.29 is 4.79 Å². The molecule has 0 radical (unpaired) electrons. The van der Waals surface area contributed by atoms with E-state index in [1.165, 1.54) is 24.2 Å². The largest absolute Gasteiger partial charge is 0.348 e. The van der Waals surface area contributed by atoms with Crippen molar-refractivity contribution in [1.82, 2.24) is 10.3 Å². The third kappa shape index (κ3) is 4.29. The van der Waals surface area contributed by atoms with Gasteiger partial charge in [0.25, 0.3) is 5.91 Å². The smallest absolute Gasteiger partial charge is 0.270 e. The van der Waals surface area contributed by atoms with Gasteiger partial charge in [-0.3, -0.25) is 4.79 Å². The molecule has 3 N–H and O–H groups in total. The highest BCUT2D eigenvalue weighted by atomic mass is 32.1. The van der Waals surface area contributed by atoms with Gasteiger partial charge >= 0.3 is 0 Å². The summed E-state index contributed by atoms with van der Waals surface area (Å²) in [5.74, 6) is 1.16. The summed E-state index contributed by atoms with van der Waals surface area (Å²) >= 11 is 1.50. The highest BCUT2D eigenvalue weighted by molar-refractivity contribution is 7.09. The van der Waals surface area contributed by atoms with Gasteiger partial charge in [0.2, 0.25) is 0 Å². The second-order valence-corrected chi connectivity index (χ2v) is 7.56. The van der Waals surface area contributed by atoms with Crippen molar-refractivity contribution in [2.75, 3.05) is 0 Å². The van der Waals surface area contributed by atoms with Crippen LogP contribution in [0.15, 0.2) is 5.38 Å². The number of carbonyl (C=O) groups excluding carboxylic acids is 1. The fourth-order valence-corrected chi connectivity index (χ4v) is 3.97. The Morgan fingerprint density at radius 1 is 1.50 bits per heavy atom. The first kappa shape index (κ1) is 17.4. The van der Waals surface area contributed by atoms with Crippen LogP contribution in [0.2, 0.25) is 0 Å². The van der Waals surface area contributed by atoms with Crippen LogP contribution in [0.3, 0.4) is 0 Å². The van der Waals surface area contributed by atoms with Crippen molar-refractivity contribution in [3.05, 3.63) is 16.1 Å². The molecule has 1 fully saturated rings. The van der Waals surface area contributed by atoms with Gasteiger partial charge in [0.05, 0.1) is 6.04 Å². The van der Waals surface area contributed by atoms with E-state index >= 15 is 0 Å². The number of aromatic nitrogens is 1. The molecule has 1 aromatic heterocycles. The number of amides is 1. The second-order valence-electron chi connectivity index (χ2n) is 6.67. The van der Waals surface area contributed by atoms with Gasteiger partial charge in [-0.25, -0.2) is 4.98 Å². The normalized spacial score (nSPS) is 26.6. The number of nitrogens with zero attached hydrogens (tertiary/aromatic N) is 1. The first-order valence-electron chi connectivity index (χ1n) is 8.54. The van der Waals surface area contributed by atoms with Gasteiger partial charge in [0.1, 0.15) is 10.7 Å². The Balaban J connectivity index is 1.94. The Bertz CT molecular complexity index is 488. The maximum atomic E-state index is 12.4. The highest BCUT2D eigenvalue weighted by Gasteiger charge is 2.29. The molecule has 0 aromatic carbocycles. The molecule has 1 heterocycles. The predicted molar refractivity (Wildman–Crippen MR) is 92.0 cm³/mol. The van der Waals surface area contributed by atoms with E-state index in [0.717, 1.165) is 30.7 Å². The Hall–Kier alpha value is -0.940. The Morgan fingerprint density at radius 2 is 2.27 bits per heavy atom. The lowest BCUT2D eigenvalue weighted by Gasteiger charge is -2.34. The van der Waals surface area contributed by atoms with Crippen LogP contribution < -0.4 is 11.1 Å². The standard InChI is InChI=1S/C17H29N3OS/c1-4-5-8-13(18)17-20-15(10-22-17)16(21)19-14-9-6-7-11(2)12(14)3/h10-14H,4-9,18H2,1-3H3,(H,19,21). The number of hydrogen-bond acceptors (Lipinski definition) is 4. The number of unbranched alkanes of at least 4 members (excludes halogenated alkanes) is 1. The molecule has 1 amide bonds. The summed E-state index contributed by atoms with van der Waals surface area (Å²) in [6.45, 7) is 6.67. The molecule has 1 aliphatic carbocycles. The van der Waals surface area contributed by atoms with Gasteiger partial charge in [0, 0.05) is 11.4 Å². The van der Waals surface area contributed by atoms with E-state index in [2.05, 4.69) is 31.1 Å².